The van der Waals surface area contributed by atoms with Gasteiger partial charge in [-0.3, -0.25) is 0 Å². The van der Waals surface area contributed by atoms with E-state index in [9.17, 15) is 26.3 Å². The van der Waals surface area contributed by atoms with Gasteiger partial charge >= 0.3 is 12.4 Å². The number of hydrogen-bond donors (Lipinski definition) is 1. The molecule has 1 aromatic rings. The van der Waals surface area contributed by atoms with Crippen LogP contribution in [-0.2, 0) is 6.42 Å². The average molecular weight is 317 g/mol. The van der Waals surface area contributed by atoms with Crippen LogP contribution in [0.5, 0.6) is 0 Å². The predicted octanol–water partition coefficient (Wildman–Crippen LogP) is 4.62. The van der Waals surface area contributed by atoms with Crippen molar-refractivity contribution in [1.29, 1.82) is 0 Å². The normalized spacial score (nSPS) is 14.7. The number of hydrogen-bond acceptors (Lipinski definition) is 2. The minimum Gasteiger partial charge on any atom is -0.464 e. The maximum Gasteiger partial charge on any atom is 0.402 e. The average Bonchev–Trinajstić information content (AvgIpc) is 2.79. The quantitative estimate of drug-likeness (QED) is 0.774. The molecule has 1 N–H and O–H groups in total. The highest BCUT2D eigenvalue weighted by atomic mass is 19.4. The van der Waals surface area contributed by atoms with Crippen LogP contribution in [0.4, 0.5) is 26.3 Å². The van der Waals surface area contributed by atoms with Crippen LogP contribution in [0.15, 0.2) is 16.5 Å². The summed E-state index contributed by atoms with van der Waals surface area (Å²) in [5.74, 6) is -3.51. The zero-order chi connectivity index (χ0) is 16.3. The summed E-state index contributed by atoms with van der Waals surface area (Å²) in [4.78, 5) is 0. The first-order valence-corrected chi connectivity index (χ1v) is 6.56. The van der Waals surface area contributed by atoms with E-state index in [1.165, 1.54) is 6.07 Å². The van der Waals surface area contributed by atoms with Crippen molar-refractivity contribution < 1.29 is 30.8 Å². The first-order chi connectivity index (χ1) is 9.61. The number of aryl methyl sites for hydroxylation is 1. The second kappa shape index (κ2) is 6.72. The van der Waals surface area contributed by atoms with Crippen LogP contribution < -0.4 is 5.32 Å². The van der Waals surface area contributed by atoms with Gasteiger partial charge < -0.3 is 9.73 Å². The van der Waals surface area contributed by atoms with Crippen LogP contribution in [0.1, 0.15) is 37.8 Å². The fourth-order valence-electron chi connectivity index (χ4n) is 2.00. The van der Waals surface area contributed by atoms with Gasteiger partial charge in [0.15, 0.2) is 5.92 Å². The highest BCUT2D eigenvalue weighted by Crippen LogP contribution is 2.46. The molecule has 1 heterocycles. The minimum atomic E-state index is -5.41. The zero-order valence-electron chi connectivity index (χ0n) is 11.6. The molecule has 0 amide bonds. The van der Waals surface area contributed by atoms with Crippen molar-refractivity contribution in [1.82, 2.24) is 5.32 Å². The third-order valence-electron chi connectivity index (χ3n) is 2.99. The molecule has 2 nitrogen and oxygen atoms in total. The molecule has 0 fully saturated rings. The lowest BCUT2D eigenvalue weighted by Gasteiger charge is -2.30. The monoisotopic (exact) mass is 317 g/mol. The van der Waals surface area contributed by atoms with Crippen LogP contribution in [0.2, 0.25) is 0 Å². The molecule has 0 aliphatic rings. The van der Waals surface area contributed by atoms with Crippen molar-refractivity contribution in [3.05, 3.63) is 23.7 Å². The molecule has 1 atom stereocenters. The molecular formula is C13H17F6NO. The van der Waals surface area contributed by atoms with E-state index in [1.807, 2.05) is 0 Å². The van der Waals surface area contributed by atoms with E-state index in [1.54, 1.807) is 13.8 Å². The van der Waals surface area contributed by atoms with Gasteiger partial charge in [0.05, 0.1) is 6.04 Å². The van der Waals surface area contributed by atoms with Gasteiger partial charge in [-0.1, -0.05) is 13.8 Å². The van der Waals surface area contributed by atoms with E-state index in [0.29, 0.717) is 18.6 Å². The Bertz CT molecular complexity index is 423. The van der Waals surface area contributed by atoms with E-state index in [4.69, 9.17) is 4.42 Å². The topological polar surface area (TPSA) is 25.2 Å². The Morgan fingerprint density at radius 3 is 2.00 bits per heavy atom. The second-order valence-corrected chi connectivity index (χ2v) is 4.65. The molecule has 122 valence electrons. The zero-order valence-corrected chi connectivity index (χ0v) is 11.6. The minimum absolute atomic E-state index is 0.0233. The van der Waals surface area contributed by atoms with Gasteiger partial charge in [-0.25, -0.2) is 0 Å². The van der Waals surface area contributed by atoms with E-state index in [0.717, 1.165) is 6.07 Å². The Labute approximate surface area is 118 Å². The van der Waals surface area contributed by atoms with E-state index in [2.05, 4.69) is 5.32 Å². The highest BCUT2D eigenvalue weighted by Gasteiger charge is 2.61. The van der Waals surface area contributed by atoms with Crippen LogP contribution in [0.3, 0.4) is 0 Å². The molecule has 0 bridgehead atoms. The molecule has 0 aliphatic heterocycles. The summed E-state index contributed by atoms with van der Waals surface area (Å²) in [7, 11) is 0. The van der Waals surface area contributed by atoms with Crippen molar-refractivity contribution >= 4 is 0 Å². The molecular weight excluding hydrogens is 300 g/mol. The lowest BCUT2D eigenvalue weighted by molar-refractivity contribution is -0.293. The Morgan fingerprint density at radius 2 is 1.62 bits per heavy atom. The molecule has 0 saturated carbocycles. The van der Waals surface area contributed by atoms with Gasteiger partial charge in [-0.15, -0.1) is 0 Å². The Morgan fingerprint density at radius 1 is 1.05 bits per heavy atom. The van der Waals surface area contributed by atoms with Crippen molar-refractivity contribution in [3.63, 3.8) is 0 Å². The van der Waals surface area contributed by atoms with E-state index < -0.39 is 24.3 Å². The predicted molar refractivity (Wildman–Crippen MR) is 64.7 cm³/mol. The van der Waals surface area contributed by atoms with Gasteiger partial charge in [-0.2, -0.15) is 26.3 Å². The first-order valence-electron chi connectivity index (χ1n) is 6.56. The standard InChI is InChI=1S/C13H17F6NO/c1-3-7-20-10(9-6-5-8(4-2)21-9)11(12(14,15)16)13(17,18)19/h5-6,10-11,20H,3-4,7H2,1-2H3. The van der Waals surface area contributed by atoms with Crippen LogP contribution >= 0.6 is 0 Å². The summed E-state index contributed by atoms with van der Waals surface area (Å²) in [5.41, 5.74) is 0. The molecule has 0 spiro atoms. The third-order valence-corrected chi connectivity index (χ3v) is 2.99. The highest BCUT2D eigenvalue weighted by molar-refractivity contribution is 5.13. The summed E-state index contributed by atoms with van der Waals surface area (Å²) < 4.78 is 82.3. The number of rotatable bonds is 6. The lowest BCUT2D eigenvalue weighted by Crippen LogP contribution is -2.46. The van der Waals surface area contributed by atoms with Gasteiger partial charge in [0.25, 0.3) is 0 Å². The summed E-state index contributed by atoms with van der Waals surface area (Å²) in [6.07, 6.45) is -10.0. The second-order valence-electron chi connectivity index (χ2n) is 4.65. The SMILES string of the molecule is CCCNC(c1ccc(CC)o1)C(C(F)(F)F)C(F)(F)F. The van der Waals surface area contributed by atoms with Gasteiger partial charge in [0.1, 0.15) is 11.5 Å². The molecule has 0 aliphatic carbocycles. The first kappa shape index (κ1) is 17.9. The Hall–Kier alpha value is -1.18. The van der Waals surface area contributed by atoms with Crippen molar-refractivity contribution in [2.45, 2.75) is 45.1 Å². The number of halogens is 6. The van der Waals surface area contributed by atoms with Crippen molar-refractivity contribution in [3.8, 4) is 0 Å². The number of nitrogens with one attached hydrogen (secondary N) is 1. The maximum absolute atomic E-state index is 12.9. The van der Waals surface area contributed by atoms with Crippen LogP contribution in [0, 0.1) is 5.92 Å². The van der Waals surface area contributed by atoms with E-state index in [-0.39, 0.29) is 12.3 Å². The van der Waals surface area contributed by atoms with Crippen LogP contribution in [0.25, 0.3) is 0 Å². The largest absolute Gasteiger partial charge is 0.464 e. The number of alkyl halides is 6. The van der Waals surface area contributed by atoms with Gasteiger partial charge in [-0.05, 0) is 25.1 Å². The summed E-state index contributed by atoms with van der Waals surface area (Å²) >= 11 is 0. The van der Waals surface area contributed by atoms with Gasteiger partial charge in [0.2, 0.25) is 0 Å². The molecule has 1 rings (SSSR count). The Kier molecular flexibility index (Phi) is 5.72. The fraction of sp³-hybridized carbons (Fsp3) is 0.692. The summed E-state index contributed by atoms with van der Waals surface area (Å²) in [6.45, 7) is 3.37. The smallest absolute Gasteiger partial charge is 0.402 e. The van der Waals surface area contributed by atoms with Crippen LogP contribution in [-0.4, -0.2) is 18.9 Å². The summed E-state index contributed by atoms with van der Waals surface area (Å²) in [5, 5.41) is 2.30. The van der Waals surface area contributed by atoms with E-state index >= 15 is 0 Å². The van der Waals surface area contributed by atoms with Crippen molar-refractivity contribution in [2.75, 3.05) is 6.54 Å². The molecule has 0 aromatic carbocycles. The summed E-state index contributed by atoms with van der Waals surface area (Å²) in [6, 6.07) is 0.571. The molecule has 0 radical (unpaired) electrons. The molecule has 21 heavy (non-hydrogen) atoms. The number of furan rings is 1. The maximum atomic E-state index is 12.9. The molecule has 1 unspecified atom stereocenters. The third kappa shape index (κ3) is 4.66. The van der Waals surface area contributed by atoms with Crippen molar-refractivity contribution in [2.24, 2.45) is 5.92 Å². The molecule has 1 aromatic heterocycles. The molecule has 8 heteroatoms. The van der Waals surface area contributed by atoms with Gasteiger partial charge in [0, 0.05) is 6.42 Å². The molecule has 0 saturated heterocycles. The Balaban J connectivity index is 3.20. The fourth-order valence-corrected chi connectivity index (χ4v) is 2.00. The lowest BCUT2D eigenvalue weighted by atomic mass is 9.96.